The standard InChI is InChI=1S/C22H18N2O4/c1-27-21(25)18-7-2-5-16(13-18)10-11-17-6-3-8-19(14-17)24-22(26)23-15-20-9-4-12-28-20/h2-9,12-14H,15H2,1H3,(H2,23,24,26). The van der Waals surface area contributed by atoms with Gasteiger partial charge >= 0.3 is 12.0 Å². The molecule has 1 heterocycles. The van der Waals surface area contributed by atoms with E-state index in [9.17, 15) is 9.59 Å². The van der Waals surface area contributed by atoms with E-state index in [2.05, 4.69) is 22.5 Å². The summed E-state index contributed by atoms with van der Waals surface area (Å²) in [7, 11) is 1.34. The van der Waals surface area contributed by atoms with Gasteiger partial charge in [0, 0.05) is 16.8 Å². The molecule has 0 aliphatic heterocycles. The highest BCUT2D eigenvalue weighted by Gasteiger charge is 2.05. The Labute approximate surface area is 162 Å². The molecular weight excluding hydrogens is 356 g/mol. The number of anilines is 1. The van der Waals surface area contributed by atoms with E-state index in [1.807, 2.05) is 12.1 Å². The molecule has 28 heavy (non-hydrogen) atoms. The average molecular weight is 374 g/mol. The summed E-state index contributed by atoms with van der Waals surface area (Å²) in [5, 5.41) is 5.46. The minimum atomic E-state index is -0.407. The zero-order valence-electron chi connectivity index (χ0n) is 15.2. The van der Waals surface area contributed by atoms with Gasteiger partial charge in [-0.2, -0.15) is 0 Å². The molecule has 1 aromatic heterocycles. The second kappa shape index (κ2) is 9.10. The summed E-state index contributed by atoms with van der Waals surface area (Å²) in [5.41, 5.74) is 2.48. The molecule has 0 bridgehead atoms. The van der Waals surface area contributed by atoms with Crippen LogP contribution in [0.5, 0.6) is 0 Å². The largest absolute Gasteiger partial charge is 0.467 e. The number of furan rings is 1. The number of ether oxygens (including phenoxy) is 1. The van der Waals surface area contributed by atoms with Crippen molar-refractivity contribution in [3.63, 3.8) is 0 Å². The Bertz CT molecular complexity index is 1030. The van der Waals surface area contributed by atoms with E-state index in [1.54, 1.807) is 54.8 Å². The first-order chi connectivity index (χ1) is 13.6. The fourth-order valence-electron chi connectivity index (χ4n) is 2.42. The molecule has 0 saturated carbocycles. The summed E-state index contributed by atoms with van der Waals surface area (Å²) in [6.45, 7) is 0.300. The number of carbonyl (C=O) groups excluding carboxylic acids is 2. The zero-order valence-corrected chi connectivity index (χ0v) is 15.2. The van der Waals surface area contributed by atoms with Gasteiger partial charge in [-0.05, 0) is 48.5 Å². The van der Waals surface area contributed by atoms with E-state index in [4.69, 9.17) is 9.15 Å². The molecule has 3 rings (SSSR count). The lowest BCUT2D eigenvalue weighted by molar-refractivity contribution is 0.0600. The van der Waals surface area contributed by atoms with Crippen LogP contribution in [-0.2, 0) is 11.3 Å². The first-order valence-corrected chi connectivity index (χ1v) is 8.52. The van der Waals surface area contributed by atoms with Crippen molar-refractivity contribution in [3.05, 3.63) is 89.4 Å². The number of carbonyl (C=O) groups is 2. The highest BCUT2D eigenvalue weighted by Crippen LogP contribution is 2.11. The lowest BCUT2D eigenvalue weighted by Gasteiger charge is -2.06. The molecule has 0 aliphatic rings. The molecular formula is C22H18N2O4. The van der Waals surface area contributed by atoms with Gasteiger partial charge in [0.2, 0.25) is 0 Å². The number of hydrogen-bond acceptors (Lipinski definition) is 4. The third kappa shape index (κ3) is 5.26. The summed E-state index contributed by atoms with van der Waals surface area (Å²) in [5.74, 6) is 6.29. The van der Waals surface area contributed by atoms with Crippen molar-refractivity contribution in [2.75, 3.05) is 12.4 Å². The van der Waals surface area contributed by atoms with Crippen LogP contribution in [0.1, 0.15) is 27.2 Å². The van der Waals surface area contributed by atoms with Gasteiger partial charge in [0.1, 0.15) is 5.76 Å². The molecule has 2 amide bonds. The van der Waals surface area contributed by atoms with Gasteiger partial charge in [-0.3, -0.25) is 0 Å². The number of amides is 2. The van der Waals surface area contributed by atoms with Crippen molar-refractivity contribution in [2.45, 2.75) is 6.54 Å². The molecule has 0 aliphatic carbocycles. The second-order valence-electron chi connectivity index (χ2n) is 5.79. The molecule has 140 valence electrons. The molecule has 0 unspecified atom stereocenters. The minimum Gasteiger partial charge on any atom is -0.467 e. The predicted molar refractivity (Wildman–Crippen MR) is 105 cm³/mol. The maximum Gasteiger partial charge on any atom is 0.337 e. The number of esters is 1. The lowest BCUT2D eigenvalue weighted by atomic mass is 10.1. The molecule has 0 radical (unpaired) electrons. The quantitative estimate of drug-likeness (QED) is 0.538. The van der Waals surface area contributed by atoms with Crippen LogP contribution in [0.3, 0.4) is 0 Å². The second-order valence-corrected chi connectivity index (χ2v) is 5.79. The Morgan fingerprint density at radius 3 is 2.46 bits per heavy atom. The SMILES string of the molecule is COC(=O)c1cccc(C#Cc2cccc(NC(=O)NCc3ccco3)c2)c1. The predicted octanol–water partition coefficient (Wildman–Crippen LogP) is 3.79. The Balaban J connectivity index is 1.64. The fraction of sp³-hybridized carbons (Fsp3) is 0.0909. The van der Waals surface area contributed by atoms with Crippen molar-refractivity contribution in [2.24, 2.45) is 0 Å². The minimum absolute atomic E-state index is 0.300. The van der Waals surface area contributed by atoms with E-state index < -0.39 is 5.97 Å². The molecule has 6 heteroatoms. The first-order valence-electron chi connectivity index (χ1n) is 8.52. The van der Waals surface area contributed by atoms with Crippen LogP contribution in [0, 0.1) is 11.8 Å². The van der Waals surface area contributed by atoms with Crippen LogP contribution in [0.15, 0.2) is 71.3 Å². The Morgan fingerprint density at radius 2 is 1.75 bits per heavy atom. The van der Waals surface area contributed by atoms with Crippen molar-refractivity contribution in [1.29, 1.82) is 0 Å². The van der Waals surface area contributed by atoms with Crippen LogP contribution in [0.2, 0.25) is 0 Å². The van der Waals surface area contributed by atoms with Gasteiger partial charge < -0.3 is 19.8 Å². The average Bonchev–Trinajstić information content (AvgIpc) is 3.24. The topological polar surface area (TPSA) is 80.6 Å². The number of hydrogen-bond donors (Lipinski definition) is 2. The maximum atomic E-state index is 12.0. The van der Waals surface area contributed by atoms with Gasteiger partial charge in [-0.25, -0.2) is 9.59 Å². The summed E-state index contributed by atoms with van der Waals surface area (Å²) in [6, 6.07) is 17.3. The molecule has 0 atom stereocenters. The van der Waals surface area contributed by atoms with Crippen LogP contribution in [0.4, 0.5) is 10.5 Å². The van der Waals surface area contributed by atoms with Gasteiger partial charge in [0.25, 0.3) is 0 Å². The van der Waals surface area contributed by atoms with Crippen molar-refractivity contribution < 1.29 is 18.7 Å². The Hall–Kier alpha value is -3.98. The molecule has 2 N–H and O–H groups in total. The highest BCUT2D eigenvalue weighted by molar-refractivity contribution is 5.90. The van der Waals surface area contributed by atoms with Crippen LogP contribution in [-0.4, -0.2) is 19.1 Å². The molecule has 0 spiro atoms. The number of methoxy groups -OCH3 is 1. The lowest BCUT2D eigenvalue weighted by Crippen LogP contribution is -2.27. The van der Waals surface area contributed by atoms with Gasteiger partial charge in [-0.15, -0.1) is 0 Å². The first kappa shape index (κ1) is 18.8. The monoisotopic (exact) mass is 374 g/mol. The summed E-state index contributed by atoms with van der Waals surface area (Å²) >= 11 is 0. The van der Waals surface area contributed by atoms with Gasteiger partial charge in [0.15, 0.2) is 0 Å². The fourth-order valence-corrected chi connectivity index (χ4v) is 2.42. The zero-order chi connectivity index (χ0) is 19.8. The van der Waals surface area contributed by atoms with E-state index in [0.717, 1.165) is 5.56 Å². The molecule has 6 nitrogen and oxygen atoms in total. The normalized spacial score (nSPS) is 9.75. The summed E-state index contributed by atoms with van der Waals surface area (Å²) in [6.07, 6.45) is 1.55. The van der Waals surface area contributed by atoms with E-state index in [0.29, 0.717) is 29.1 Å². The van der Waals surface area contributed by atoms with E-state index >= 15 is 0 Å². The van der Waals surface area contributed by atoms with Crippen LogP contribution >= 0.6 is 0 Å². The molecule has 3 aromatic rings. The molecule has 2 aromatic carbocycles. The van der Waals surface area contributed by atoms with Gasteiger partial charge in [-0.1, -0.05) is 24.0 Å². The number of rotatable bonds is 4. The Kier molecular flexibility index (Phi) is 6.11. The van der Waals surface area contributed by atoms with E-state index in [1.165, 1.54) is 7.11 Å². The van der Waals surface area contributed by atoms with Gasteiger partial charge in [0.05, 0.1) is 25.5 Å². The van der Waals surface area contributed by atoms with Crippen LogP contribution in [0.25, 0.3) is 0 Å². The summed E-state index contributed by atoms with van der Waals surface area (Å²) < 4.78 is 9.88. The van der Waals surface area contributed by atoms with Crippen molar-refractivity contribution in [3.8, 4) is 11.8 Å². The molecule has 0 saturated heterocycles. The van der Waals surface area contributed by atoms with Crippen molar-refractivity contribution in [1.82, 2.24) is 5.32 Å². The number of urea groups is 1. The highest BCUT2D eigenvalue weighted by atomic mass is 16.5. The third-order valence-corrected chi connectivity index (χ3v) is 3.76. The third-order valence-electron chi connectivity index (χ3n) is 3.76. The van der Waals surface area contributed by atoms with E-state index in [-0.39, 0.29) is 6.03 Å². The van der Waals surface area contributed by atoms with Crippen molar-refractivity contribution >= 4 is 17.7 Å². The number of benzene rings is 2. The Morgan fingerprint density at radius 1 is 1.00 bits per heavy atom. The molecule has 0 fully saturated rings. The summed E-state index contributed by atoms with van der Waals surface area (Å²) in [4.78, 5) is 23.6. The smallest absolute Gasteiger partial charge is 0.337 e. The maximum absolute atomic E-state index is 12.0. The van der Waals surface area contributed by atoms with Crippen LogP contribution < -0.4 is 10.6 Å². The number of nitrogens with one attached hydrogen (secondary N) is 2.